The average Bonchev–Trinajstić information content (AvgIpc) is 2.47. The minimum Gasteiger partial charge on any atom is -0.370 e. The van der Waals surface area contributed by atoms with Gasteiger partial charge >= 0.3 is 0 Å². The molecule has 1 rings (SSSR count). The molecule has 0 heterocycles. The molecule has 8 heteroatoms. The first-order chi connectivity index (χ1) is 11.7. The Morgan fingerprint density at radius 3 is 2.28 bits per heavy atom. The van der Waals surface area contributed by atoms with E-state index in [0.29, 0.717) is 5.69 Å². The lowest BCUT2D eigenvalue weighted by Gasteiger charge is -2.25. The van der Waals surface area contributed by atoms with Crippen LogP contribution in [0.25, 0.3) is 0 Å². The molecule has 0 bridgehead atoms. The molecule has 0 unspecified atom stereocenters. The van der Waals surface area contributed by atoms with E-state index in [2.05, 4.69) is 5.32 Å². The molecule has 0 radical (unpaired) electrons. The quantitative estimate of drug-likeness (QED) is 0.676. The van der Waals surface area contributed by atoms with Crippen molar-refractivity contribution in [1.29, 1.82) is 0 Å². The molecule has 138 valence electrons. The van der Waals surface area contributed by atoms with Crippen molar-refractivity contribution in [2.24, 2.45) is 5.73 Å². The number of nitrogens with two attached hydrogens (primary N) is 1. The van der Waals surface area contributed by atoms with Gasteiger partial charge in [-0.05, 0) is 45.2 Å². The second kappa shape index (κ2) is 9.73. The molecule has 1 aromatic carbocycles. The zero-order valence-corrected chi connectivity index (χ0v) is 14.8. The summed E-state index contributed by atoms with van der Waals surface area (Å²) < 4.78 is 13.1. The number of nitrogens with one attached hydrogen (secondary N) is 1. The number of halogens is 1. The zero-order chi connectivity index (χ0) is 19.0. The van der Waals surface area contributed by atoms with Gasteiger partial charge in [0.25, 0.3) is 0 Å². The second-order valence-electron chi connectivity index (χ2n) is 6.13. The van der Waals surface area contributed by atoms with Gasteiger partial charge < -0.3 is 16.0 Å². The number of likely N-dealkylation sites (N-methyl/N-ethyl adjacent to an activating group) is 1. The van der Waals surface area contributed by atoms with Crippen LogP contribution in [0, 0.1) is 5.82 Å². The SMILES string of the molecule is CC(C)NC(=O)CN(C)CC(=O)N(CCC(N)=O)c1ccc(F)cc1. The van der Waals surface area contributed by atoms with Gasteiger partial charge in [-0.1, -0.05) is 0 Å². The van der Waals surface area contributed by atoms with Crippen molar-refractivity contribution in [1.82, 2.24) is 10.2 Å². The summed E-state index contributed by atoms with van der Waals surface area (Å²) in [5, 5.41) is 2.75. The van der Waals surface area contributed by atoms with Gasteiger partial charge in [-0.3, -0.25) is 19.3 Å². The van der Waals surface area contributed by atoms with Crippen molar-refractivity contribution in [3.8, 4) is 0 Å². The van der Waals surface area contributed by atoms with Crippen LogP contribution in [0.15, 0.2) is 24.3 Å². The molecule has 3 N–H and O–H groups in total. The van der Waals surface area contributed by atoms with Gasteiger partial charge in [0, 0.05) is 24.7 Å². The largest absolute Gasteiger partial charge is 0.370 e. The van der Waals surface area contributed by atoms with Crippen LogP contribution < -0.4 is 16.0 Å². The summed E-state index contributed by atoms with van der Waals surface area (Å²) >= 11 is 0. The summed E-state index contributed by atoms with van der Waals surface area (Å²) in [5.41, 5.74) is 5.62. The highest BCUT2D eigenvalue weighted by Crippen LogP contribution is 2.16. The number of benzene rings is 1. The lowest BCUT2D eigenvalue weighted by molar-refractivity contribution is -0.123. The number of amides is 3. The molecule has 1 aromatic rings. The van der Waals surface area contributed by atoms with Gasteiger partial charge in [0.2, 0.25) is 17.7 Å². The third-order valence-electron chi connectivity index (χ3n) is 3.29. The van der Waals surface area contributed by atoms with E-state index >= 15 is 0 Å². The van der Waals surface area contributed by atoms with Crippen molar-refractivity contribution in [3.05, 3.63) is 30.1 Å². The van der Waals surface area contributed by atoms with E-state index in [1.54, 1.807) is 11.9 Å². The van der Waals surface area contributed by atoms with Crippen LogP contribution in [0.2, 0.25) is 0 Å². The highest BCUT2D eigenvalue weighted by molar-refractivity contribution is 5.95. The maximum Gasteiger partial charge on any atom is 0.241 e. The Balaban J connectivity index is 2.76. The summed E-state index contributed by atoms with van der Waals surface area (Å²) in [6, 6.07) is 5.40. The Morgan fingerprint density at radius 2 is 1.76 bits per heavy atom. The average molecular weight is 352 g/mol. The molecule has 25 heavy (non-hydrogen) atoms. The molecule has 0 aliphatic rings. The molecule has 0 saturated carbocycles. The first-order valence-corrected chi connectivity index (χ1v) is 8.01. The number of rotatable bonds is 9. The number of nitrogens with zero attached hydrogens (tertiary/aromatic N) is 2. The number of hydrogen-bond acceptors (Lipinski definition) is 4. The van der Waals surface area contributed by atoms with Crippen molar-refractivity contribution >= 4 is 23.4 Å². The summed E-state index contributed by atoms with van der Waals surface area (Å²) in [6.45, 7) is 3.83. The van der Waals surface area contributed by atoms with Crippen LogP contribution in [-0.4, -0.2) is 55.3 Å². The summed E-state index contributed by atoms with van der Waals surface area (Å²) in [7, 11) is 1.65. The third-order valence-corrected chi connectivity index (χ3v) is 3.29. The van der Waals surface area contributed by atoms with Crippen LogP contribution in [0.4, 0.5) is 10.1 Å². The van der Waals surface area contributed by atoms with E-state index < -0.39 is 11.7 Å². The summed E-state index contributed by atoms with van der Waals surface area (Å²) in [4.78, 5) is 38.3. The summed E-state index contributed by atoms with van der Waals surface area (Å²) in [6.07, 6.45) is -0.0132. The molecule has 7 nitrogen and oxygen atoms in total. The van der Waals surface area contributed by atoms with Gasteiger partial charge in [-0.25, -0.2) is 4.39 Å². The molecule has 0 atom stereocenters. The van der Waals surface area contributed by atoms with E-state index in [9.17, 15) is 18.8 Å². The fraction of sp³-hybridized carbons (Fsp3) is 0.471. The van der Waals surface area contributed by atoms with E-state index in [1.165, 1.54) is 29.2 Å². The number of carbonyl (C=O) groups is 3. The molecular formula is C17H25FN4O3. The monoisotopic (exact) mass is 352 g/mol. The lowest BCUT2D eigenvalue weighted by atomic mass is 10.2. The smallest absolute Gasteiger partial charge is 0.241 e. The predicted octanol–water partition coefficient (Wildman–Crippen LogP) is 0.491. The Kier molecular flexibility index (Phi) is 8.00. The van der Waals surface area contributed by atoms with E-state index in [1.807, 2.05) is 13.8 Å². The number of carbonyl (C=O) groups excluding carboxylic acids is 3. The van der Waals surface area contributed by atoms with Crippen LogP contribution >= 0.6 is 0 Å². The van der Waals surface area contributed by atoms with Gasteiger partial charge in [-0.2, -0.15) is 0 Å². The second-order valence-corrected chi connectivity index (χ2v) is 6.13. The summed E-state index contributed by atoms with van der Waals surface area (Å²) in [5.74, 6) is -1.46. The highest BCUT2D eigenvalue weighted by Gasteiger charge is 2.19. The van der Waals surface area contributed by atoms with Gasteiger partial charge in [-0.15, -0.1) is 0 Å². The molecule has 0 spiro atoms. The van der Waals surface area contributed by atoms with E-state index in [0.717, 1.165) is 0 Å². The Labute approximate surface area is 147 Å². The van der Waals surface area contributed by atoms with Crippen molar-refractivity contribution in [2.45, 2.75) is 26.3 Å². The maximum atomic E-state index is 13.1. The van der Waals surface area contributed by atoms with Crippen molar-refractivity contribution in [3.63, 3.8) is 0 Å². The number of anilines is 1. The molecule has 0 aromatic heterocycles. The van der Waals surface area contributed by atoms with E-state index in [4.69, 9.17) is 5.73 Å². The van der Waals surface area contributed by atoms with Crippen LogP contribution in [-0.2, 0) is 14.4 Å². The van der Waals surface area contributed by atoms with Gasteiger partial charge in [0.15, 0.2) is 0 Å². The van der Waals surface area contributed by atoms with E-state index in [-0.39, 0.29) is 43.9 Å². The highest BCUT2D eigenvalue weighted by atomic mass is 19.1. The Bertz CT molecular complexity index is 604. The molecule has 0 saturated heterocycles. The topological polar surface area (TPSA) is 95.7 Å². The molecular weight excluding hydrogens is 327 g/mol. The first kappa shape index (κ1) is 20.6. The molecule has 0 aliphatic heterocycles. The van der Waals surface area contributed by atoms with Crippen LogP contribution in [0.3, 0.4) is 0 Å². The fourth-order valence-corrected chi connectivity index (χ4v) is 2.23. The lowest BCUT2D eigenvalue weighted by Crippen LogP contribution is -2.44. The first-order valence-electron chi connectivity index (χ1n) is 8.01. The number of hydrogen-bond donors (Lipinski definition) is 2. The maximum absolute atomic E-state index is 13.1. The minimum atomic E-state index is -0.537. The molecule has 0 aliphatic carbocycles. The zero-order valence-electron chi connectivity index (χ0n) is 14.8. The Hall–Kier alpha value is -2.48. The molecule has 3 amide bonds. The van der Waals surface area contributed by atoms with Crippen molar-refractivity contribution < 1.29 is 18.8 Å². The molecule has 0 fully saturated rings. The standard InChI is InChI=1S/C17H25FN4O3/c1-12(2)20-16(24)10-21(3)11-17(25)22(9-8-15(19)23)14-6-4-13(18)5-7-14/h4-7,12H,8-11H2,1-3H3,(H2,19,23)(H,20,24). The number of primary amides is 1. The van der Waals surface area contributed by atoms with Gasteiger partial charge in [0.05, 0.1) is 13.1 Å². The Morgan fingerprint density at radius 1 is 1.16 bits per heavy atom. The van der Waals surface area contributed by atoms with Crippen LogP contribution in [0.1, 0.15) is 20.3 Å². The normalized spacial score (nSPS) is 10.8. The van der Waals surface area contributed by atoms with Gasteiger partial charge in [0.1, 0.15) is 5.82 Å². The fourth-order valence-electron chi connectivity index (χ4n) is 2.23. The third kappa shape index (κ3) is 7.75. The van der Waals surface area contributed by atoms with Crippen LogP contribution in [0.5, 0.6) is 0 Å². The predicted molar refractivity (Wildman–Crippen MR) is 93.3 cm³/mol. The minimum absolute atomic E-state index is 0.0132. The van der Waals surface area contributed by atoms with Crippen molar-refractivity contribution in [2.75, 3.05) is 31.6 Å².